The van der Waals surface area contributed by atoms with Crippen LogP contribution in [0.2, 0.25) is 0 Å². The van der Waals surface area contributed by atoms with Crippen LogP contribution < -0.4 is 5.32 Å². The van der Waals surface area contributed by atoms with E-state index in [-0.39, 0.29) is 18.1 Å². The molecule has 0 aromatic carbocycles. The van der Waals surface area contributed by atoms with Crippen LogP contribution in [0.1, 0.15) is 40.5 Å². The number of ether oxygens (including phenoxy) is 1. The highest BCUT2D eigenvalue weighted by Crippen LogP contribution is 2.34. The lowest BCUT2D eigenvalue weighted by Crippen LogP contribution is -2.52. The molecule has 2 rings (SSSR count). The molecule has 110 valence electrons. The molecule has 5 unspecified atom stereocenters. The summed E-state index contributed by atoms with van der Waals surface area (Å²) in [5, 5.41) is 3.40. The van der Waals surface area contributed by atoms with Crippen LogP contribution in [0, 0.1) is 11.8 Å². The first kappa shape index (κ1) is 14.8. The molecular formula is C15H28N2O2. The van der Waals surface area contributed by atoms with Gasteiger partial charge in [0.2, 0.25) is 5.91 Å². The maximum atomic E-state index is 12.9. The number of likely N-dealkylation sites (N-methyl/N-ethyl adjacent to an activating group) is 1. The van der Waals surface area contributed by atoms with Crippen LogP contribution in [0.25, 0.3) is 0 Å². The fraction of sp³-hybridized carbons (Fsp3) is 0.933. The van der Waals surface area contributed by atoms with Crippen LogP contribution in [0.4, 0.5) is 0 Å². The number of hydrogen-bond donors (Lipinski definition) is 1. The summed E-state index contributed by atoms with van der Waals surface area (Å²) in [6.45, 7) is 11.2. The Morgan fingerprint density at radius 3 is 2.53 bits per heavy atom. The van der Waals surface area contributed by atoms with Crippen LogP contribution in [0.5, 0.6) is 0 Å². The van der Waals surface area contributed by atoms with Crippen molar-refractivity contribution < 1.29 is 9.53 Å². The summed E-state index contributed by atoms with van der Waals surface area (Å²) in [6, 6.07) is 0.363. The van der Waals surface area contributed by atoms with Crippen molar-refractivity contribution >= 4 is 5.91 Å². The lowest BCUT2D eigenvalue weighted by Gasteiger charge is -2.36. The molecule has 0 bridgehead atoms. The zero-order valence-corrected chi connectivity index (χ0v) is 12.7. The van der Waals surface area contributed by atoms with Crippen molar-refractivity contribution in [3.63, 3.8) is 0 Å². The van der Waals surface area contributed by atoms with Crippen LogP contribution in [-0.2, 0) is 9.53 Å². The largest absolute Gasteiger partial charge is 0.374 e. The van der Waals surface area contributed by atoms with Gasteiger partial charge in [-0.3, -0.25) is 4.79 Å². The Labute approximate surface area is 116 Å². The average molecular weight is 268 g/mol. The predicted molar refractivity (Wildman–Crippen MR) is 75.9 cm³/mol. The summed E-state index contributed by atoms with van der Waals surface area (Å²) in [7, 11) is 0. The van der Waals surface area contributed by atoms with E-state index in [4.69, 9.17) is 4.74 Å². The summed E-state index contributed by atoms with van der Waals surface area (Å²) in [5.74, 6) is 0.630. The number of carbonyl (C=O) groups excluding carboxylic acids is 1. The minimum absolute atomic E-state index is 0.0249. The summed E-state index contributed by atoms with van der Waals surface area (Å²) in [5.41, 5.74) is 0. The first-order chi connectivity index (χ1) is 9.06. The van der Waals surface area contributed by atoms with Gasteiger partial charge in [0.25, 0.3) is 0 Å². The molecule has 2 saturated heterocycles. The Balaban J connectivity index is 2.07. The van der Waals surface area contributed by atoms with Gasteiger partial charge in [0, 0.05) is 19.1 Å². The van der Waals surface area contributed by atoms with E-state index in [2.05, 4.69) is 31.0 Å². The van der Waals surface area contributed by atoms with Gasteiger partial charge in [-0.2, -0.15) is 0 Å². The molecule has 2 fully saturated rings. The van der Waals surface area contributed by atoms with Gasteiger partial charge >= 0.3 is 0 Å². The molecule has 5 atom stereocenters. The maximum absolute atomic E-state index is 12.9. The molecule has 19 heavy (non-hydrogen) atoms. The standard InChI is InChI=1S/C15H28N2O2/c1-5-17(13-7-6-8-16-9-13)15(18)14-10(2)11(3)19-12(14)4/h10-14,16H,5-9H2,1-4H3. The maximum Gasteiger partial charge on any atom is 0.228 e. The Kier molecular flexibility index (Phi) is 4.85. The number of nitrogens with one attached hydrogen (secondary N) is 1. The summed E-state index contributed by atoms with van der Waals surface area (Å²) in [4.78, 5) is 14.9. The van der Waals surface area contributed by atoms with Crippen molar-refractivity contribution in [3.8, 4) is 0 Å². The number of hydrogen-bond acceptors (Lipinski definition) is 3. The topological polar surface area (TPSA) is 41.6 Å². The van der Waals surface area contributed by atoms with Crippen LogP contribution in [-0.4, -0.2) is 48.7 Å². The average Bonchev–Trinajstić information content (AvgIpc) is 2.65. The van der Waals surface area contributed by atoms with Gasteiger partial charge in [-0.25, -0.2) is 0 Å². The fourth-order valence-electron chi connectivity index (χ4n) is 3.58. The molecular weight excluding hydrogens is 240 g/mol. The first-order valence-corrected chi connectivity index (χ1v) is 7.72. The lowest BCUT2D eigenvalue weighted by atomic mass is 9.87. The molecule has 4 heteroatoms. The number of carbonyl (C=O) groups is 1. The van der Waals surface area contributed by atoms with E-state index in [9.17, 15) is 4.79 Å². The molecule has 0 aromatic heterocycles. The monoisotopic (exact) mass is 268 g/mol. The van der Waals surface area contributed by atoms with E-state index in [1.165, 1.54) is 0 Å². The van der Waals surface area contributed by atoms with Gasteiger partial charge in [0.1, 0.15) is 0 Å². The summed E-state index contributed by atoms with van der Waals surface area (Å²) < 4.78 is 5.83. The number of amides is 1. The van der Waals surface area contributed by atoms with Gasteiger partial charge in [-0.15, -0.1) is 0 Å². The molecule has 4 nitrogen and oxygen atoms in total. The SMILES string of the molecule is CCN(C(=O)C1C(C)OC(C)C1C)C1CCCNC1. The van der Waals surface area contributed by atoms with Gasteiger partial charge in [0.15, 0.2) is 0 Å². The molecule has 1 N–H and O–H groups in total. The predicted octanol–water partition coefficient (Wildman–Crippen LogP) is 1.65. The third-order valence-corrected chi connectivity index (χ3v) is 4.86. The van der Waals surface area contributed by atoms with Gasteiger partial charge < -0.3 is 15.0 Å². The fourth-order valence-corrected chi connectivity index (χ4v) is 3.58. The summed E-state index contributed by atoms with van der Waals surface area (Å²) >= 11 is 0. The Morgan fingerprint density at radius 1 is 1.32 bits per heavy atom. The van der Waals surface area contributed by atoms with Gasteiger partial charge in [0.05, 0.1) is 18.1 Å². The van der Waals surface area contributed by atoms with Crippen LogP contribution in [0.15, 0.2) is 0 Å². The van der Waals surface area contributed by atoms with Crippen LogP contribution in [0.3, 0.4) is 0 Å². The highest BCUT2D eigenvalue weighted by Gasteiger charge is 2.44. The van der Waals surface area contributed by atoms with Gasteiger partial charge in [-0.05, 0) is 46.1 Å². The zero-order valence-electron chi connectivity index (χ0n) is 12.7. The molecule has 1 amide bonds. The minimum Gasteiger partial charge on any atom is -0.374 e. The molecule has 2 aliphatic heterocycles. The second-order valence-electron chi connectivity index (χ2n) is 6.06. The Hall–Kier alpha value is -0.610. The molecule has 0 spiro atoms. The van der Waals surface area contributed by atoms with E-state index in [1.807, 2.05) is 6.92 Å². The minimum atomic E-state index is 0.0249. The van der Waals surface area contributed by atoms with E-state index in [0.29, 0.717) is 17.9 Å². The van der Waals surface area contributed by atoms with Crippen molar-refractivity contribution in [1.29, 1.82) is 0 Å². The second kappa shape index (κ2) is 6.23. The normalized spacial score (nSPS) is 39.3. The number of rotatable bonds is 3. The summed E-state index contributed by atoms with van der Waals surface area (Å²) in [6.07, 6.45) is 2.52. The molecule has 0 aliphatic carbocycles. The van der Waals surface area contributed by atoms with Crippen molar-refractivity contribution in [1.82, 2.24) is 10.2 Å². The van der Waals surface area contributed by atoms with E-state index < -0.39 is 0 Å². The quantitative estimate of drug-likeness (QED) is 0.846. The Bertz CT molecular complexity index is 315. The highest BCUT2D eigenvalue weighted by atomic mass is 16.5. The molecule has 0 saturated carbocycles. The number of nitrogens with zero attached hydrogens (tertiary/aromatic N) is 1. The molecule has 0 aromatic rings. The van der Waals surface area contributed by atoms with E-state index in [1.54, 1.807) is 0 Å². The van der Waals surface area contributed by atoms with Crippen molar-refractivity contribution in [2.24, 2.45) is 11.8 Å². The second-order valence-corrected chi connectivity index (χ2v) is 6.06. The lowest BCUT2D eigenvalue weighted by molar-refractivity contribution is -0.140. The zero-order chi connectivity index (χ0) is 14.0. The molecule has 2 heterocycles. The van der Waals surface area contributed by atoms with Crippen molar-refractivity contribution in [2.45, 2.75) is 58.8 Å². The molecule has 2 aliphatic rings. The third kappa shape index (κ3) is 2.95. The highest BCUT2D eigenvalue weighted by molar-refractivity contribution is 5.80. The van der Waals surface area contributed by atoms with Crippen molar-refractivity contribution in [3.05, 3.63) is 0 Å². The third-order valence-electron chi connectivity index (χ3n) is 4.86. The molecule has 0 radical (unpaired) electrons. The Morgan fingerprint density at radius 2 is 2.05 bits per heavy atom. The first-order valence-electron chi connectivity index (χ1n) is 7.72. The van der Waals surface area contributed by atoms with E-state index >= 15 is 0 Å². The smallest absolute Gasteiger partial charge is 0.228 e. The van der Waals surface area contributed by atoms with Crippen LogP contribution >= 0.6 is 0 Å². The van der Waals surface area contributed by atoms with Gasteiger partial charge in [-0.1, -0.05) is 6.92 Å². The van der Waals surface area contributed by atoms with E-state index in [0.717, 1.165) is 32.5 Å². The number of piperidine rings is 1. The van der Waals surface area contributed by atoms with Crippen molar-refractivity contribution in [2.75, 3.05) is 19.6 Å².